The Labute approximate surface area is 85.5 Å². The molecule has 0 unspecified atom stereocenters. The molecule has 0 amide bonds. The second kappa shape index (κ2) is 4.04. The van der Waals surface area contributed by atoms with Crippen LogP contribution < -0.4 is 0 Å². The molecule has 0 bridgehead atoms. The Hall–Kier alpha value is -1.98. The highest BCUT2D eigenvalue weighted by atomic mass is 16.4. The average molecular weight is 206 g/mol. The van der Waals surface area contributed by atoms with Crippen LogP contribution >= 0.6 is 0 Å². The Morgan fingerprint density at radius 1 is 1.53 bits per heavy atom. The summed E-state index contributed by atoms with van der Waals surface area (Å²) in [5.41, 5.74) is 1.67. The molecule has 6 heteroatoms. The first-order chi connectivity index (χ1) is 7.27. The minimum atomic E-state index is -0.776. The highest BCUT2D eigenvalue weighted by molar-refractivity contribution is 5.66. The summed E-state index contributed by atoms with van der Waals surface area (Å²) in [6, 6.07) is 3.76. The third-order valence-electron chi connectivity index (χ3n) is 2.14. The molecular formula is C9H10N4O2. The number of fused-ring (bicyclic) bond motifs is 1. The molecule has 2 aromatic rings. The maximum Gasteiger partial charge on any atom is 0.303 e. The molecule has 0 saturated carbocycles. The normalized spacial score (nSPS) is 10.7. The van der Waals surface area contributed by atoms with Crippen LogP contribution in [0.25, 0.3) is 5.65 Å². The van der Waals surface area contributed by atoms with Crippen molar-refractivity contribution in [1.29, 1.82) is 0 Å². The van der Waals surface area contributed by atoms with E-state index in [1.807, 2.05) is 12.1 Å². The van der Waals surface area contributed by atoms with Crippen LogP contribution in [-0.4, -0.2) is 31.1 Å². The largest absolute Gasteiger partial charge is 0.481 e. The van der Waals surface area contributed by atoms with Gasteiger partial charge in [0.2, 0.25) is 0 Å². The van der Waals surface area contributed by atoms with Gasteiger partial charge in [0, 0.05) is 12.6 Å². The lowest BCUT2D eigenvalue weighted by Crippen LogP contribution is -1.98. The average Bonchev–Trinajstić information content (AvgIpc) is 2.65. The van der Waals surface area contributed by atoms with E-state index in [-0.39, 0.29) is 6.42 Å². The van der Waals surface area contributed by atoms with E-state index < -0.39 is 5.97 Å². The minimum Gasteiger partial charge on any atom is -0.481 e. The van der Waals surface area contributed by atoms with Gasteiger partial charge >= 0.3 is 5.97 Å². The number of aromatic nitrogens is 4. The monoisotopic (exact) mass is 206 g/mol. The van der Waals surface area contributed by atoms with Crippen LogP contribution in [0.3, 0.4) is 0 Å². The summed E-state index contributed by atoms with van der Waals surface area (Å²) in [4.78, 5) is 10.4. The van der Waals surface area contributed by atoms with Crippen LogP contribution in [-0.2, 0) is 11.2 Å². The molecule has 0 aliphatic heterocycles. The molecule has 0 saturated heterocycles. The quantitative estimate of drug-likeness (QED) is 0.789. The Balaban J connectivity index is 2.13. The van der Waals surface area contributed by atoms with Crippen LogP contribution in [0.4, 0.5) is 0 Å². The van der Waals surface area contributed by atoms with E-state index in [2.05, 4.69) is 15.5 Å². The van der Waals surface area contributed by atoms with E-state index >= 15 is 0 Å². The summed E-state index contributed by atoms with van der Waals surface area (Å²) in [6.45, 7) is 0. The second-order valence-corrected chi connectivity index (χ2v) is 3.23. The van der Waals surface area contributed by atoms with Gasteiger partial charge in [-0.25, -0.2) is 4.52 Å². The number of nitrogens with zero attached hydrogens (tertiary/aromatic N) is 4. The van der Waals surface area contributed by atoms with E-state index in [9.17, 15) is 4.79 Å². The fourth-order valence-electron chi connectivity index (χ4n) is 1.45. The van der Waals surface area contributed by atoms with Crippen molar-refractivity contribution in [2.24, 2.45) is 0 Å². The van der Waals surface area contributed by atoms with Gasteiger partial charge in [0.15, 0.2) is 5.65 Å². The first-order valence-corrected chi connectivity index (χ1v) is 4.65. The Morgan fingerprint density at radius 2 is 2.40 bits per heavy atom. The minimum absolute atomic E-state index is 0.169. The SMILES string of the molecule is O=C(O)CCCc1cccn2nnnc12. The summed E-state index contributed by atoms with van der Waals surface area (Å²) >= 11 is 0. The molecule has 0 aliphatic rings. The number of hydrogen-bond donors (Lipinski definition) is 1. The number of aryl methyl sites for hydroxylation is 1. The third-order valence-corrected chi connectivity index (χ3v) is 2.14. The molecule has 78 valence electrons. The lowest BCUT2D eigenvalue weighted by atomic mass is 10.1. The van der Waals surface area contributed by atoms with Gasteiger partial charge in [-0.1, -0.05) is 6.07 Å². The van der Waals surface area contributed by atoms with E-state index in [0.717, 1.165) is 5.56 Å². The molecule has 0 atom stereocenters. The zero-order chi connectivity index (χ0) is 10.7. The number of aliphatic carboxylic acids is 1. The zero-order valence-corrected chi connectivity index (χ0v) is 8.00. The molecule has 0 aromatic carbocycles. The van der Waals surface area contributed by atoms with Crippen LogP contribution in [0, 0.1) is 0 Å². The summed E-state index contributed by atoms with van der Waals surface area (Å²) in [7, 11) is 0. The number of rotatable bonds is 4. The highest BCUT2D eigenvalue weighted by Crippen LogP contribution is 2.09. The first-order valence-electron chi connectivity index (χ1n) is 4.65. The van der Waals surface area contributed by atoms with Crippen molar-refractivity contribution in [1.82, 2.24) is 20.0 Å². The van der Waals surface area contributed by atoms with Gasteiger partial charge in [-0.15, -0.1) is 5.10 Å². The third kappa shape index (κ3) is 2.09. The number of pyridine rings is 1. The molecule has 2 heterocycles. The zero-order valence-electron chi connectivity index (χ0n) is 8.00. The maximum atomic E-state index is 10.4. The summed E-state index contributed by atoms with van der Waals surface area (Å²) < 4.78 is 1.58. The lowest BCUT2D eigenvalue weighted by Gasteiger charge is -1.99. The smallest absolute Gasteiger partial charge is 0.303 e. The lowest BCUT2D eigenvalue weighted by molar-refractivity contribution is -0.137. The van der Waals surface area contributed by atoms with Crippen LogP contribution in [0.5, 0.6) is 0 Å². The van der Waals surface area contributed by atoms with Crippen molar-refractivity contribution in [2.75, 3.05) is 0 Å². The van der Waals surface area contributed by atoms with Crippen molar-refractivity contribution in [2.45, 2.75) is 19.3 Å². The van der Waals surface area contributed by atoms with Gasteiger partial charge in [-0.05, 0) is 34.9 Å². The Bertz CT molecular complexity index is 480. The number of carbonyl (C=O) groups is 1. The van der Waals surface area contributed by atoms with Crippen molar-refractivity contribution in [3.05, 3.63) is 23.9 Å². The topological polar surface area (TPSA) is 80.4 Å². The highest BCUT2D eigenvalue weighted by Gasteiger charge is 2.04. The molecule has 15 heavy (non-hydrogen) atoms. The van der Waals surface area contributed by atoms with Crippen molar-refractivity contribution in [3.8, 4) is 0 Å². The molecule has 6 nitrogen and oxygen atoms in total. The molecule has 2 aromatic heterocycles. The van der Waals surface area contributed by atoms with Gasteiger partial charge in [-0.2, -0.15) is 0 Å². The fourth-order valence-corrected chi connectivity index (χ4v) is 1.45. The first kappa shape index (κ1) is 9.57. The summed E-state index contributed by atoms with van der Waals surface area (Å²) in [5.74, 6) is -0.776. The molecule has 0 aliphatic carbocycles. The fraction of sp³-hybridized carbons (Fsp3) is 0.333. The van der Waals surface area contributed by atoms with Crippen molar-refractivity contribution >= 4 is 11.6 Å². The van der Waals surface area contributed by atoms with E-state index in [1.54, 1.807) is 10.7 Å². The number of carboxylic acids is 1. The second-order valence-electron chi connectivity index (χ2n) is 3.23. The summed E-state index contributed by atoms with van der Waals surface area (Å²) in [6.07, 6.45) is 3.21. The Morgan fingerprint density at radius 3 is 3.20 bits per heavy atom. The number of carboxylic acid groups (broad SMARTS) is 1. The van der Waals surface area contributed by atoms with Crippen molar-refractivity contribution in [3.63, 3.8) is 0 Å². The van der Waals surface area contributed by atoms with Crippen molar-refractivity contribution < 1.29 is 9.90 Å². The van der Waals surface area contributed by atoms with Gasteiger partial charge in [0.25, 0.3) is 0 Å². The number of tetrazole rings is 1. The van der Waals surface area contributed by atoms with Gasteiger partial charge in [-0.3, -0.25) is 4.79 Å². The van der Waals surface area contributed by atoms with E-state index in [0.29, 0.717) is 18.5 Å². The molecule has 0 spiro atoms. The van der Waals surface area contributed by atoms with E-state index in [4.69, 9.17) is 5.11 Å². The molecule has 2 rings (SSSR count). The standard InChI is InChI=1S/C9H10N4O2/c14-8(15)5-1-3-7-4-2-6-13-9(7)10-11-12-13/h2,4,6H,1,3,5H2,(H,14,15). The van der Waals surface area contributed by atoms with Gasteiger partial charge < -0.3 is 5.11 Å². The number of hydrogen-bond acceptors (Lipinski definition) is 4. The van der Waals surface area contributed by atoms with Crippen LogP contribution in [0.2, 0.25) is 0 Å². The van der Waals surface area contributed by atoms with Gasteiger partial charge in [0.05, 0.1) is 0 Å². The maximum absolute atomic E-state index is 10.4. The van der Waals surface area contributed by atoms with Crippen LogP contribution in [0.1, 0.15) is 18.4 Å². The van der Waals surface area contributed by atoms with E-state index in [1.165, 1.54) is 0 Å². The summed E-state index contributed by atoms with van der Waals surface area (Å²) in [5, 5.41) is 19.7. The van der Waals surface area contributed by atoms with Gasteiger partial charge in [0.1, 0.15) is 0 Å². The predicted octanol–water partition coefficient (Wildman–Crippen LogP) is 0.532. The Kier molecular flexibility index (Phi) is 2.57. The molecule has 0 radical (unpaired) electrons. The molecule has 1 N–H and O–H groups in total. The predicted molar refractivity (Wildman–Crippen MR) is 51.4 cm³/mol. The molecular weight excluding hydrogens is 196 g/mol. The molecule has 0 fully saturated rings. The van der Waals surface area contributed by atoms with Crippen LogP contribution in [0.15, 0.2) is 18.3 Å².